The highest BCUT2D eigenvalue weighted by Crippen LogP contribution is 2.53. The van der Waals surface area contributed by atoms with Gasteiger partial charge in [-0.3, -0.25) is 4.84 Å². The predicted molar refractivity (Wildman–Crippen MR) is 76.5 cm³/mol. The molecular formula is C17H27NO. The van der Waals surface area contributed by atoms with Gasteiger partial charge in [-0.05, 0) is 31.6 Å². The Labute approximate surface area is 117 Å². The van der Waals surface area contributed by atoms with E-state index < -0.39 is 0 Å². The molecule has 1 aliphatic heterocycles. The normalized spacial score (nSPS) is 46.1. The smallest absolute Gasteiger partial charge is 0.0905 e. The molecule has 0 spiro atoms. The molecule has 19 heavy (non-hydrogen) atoms. The summed E-state index contributed by atoms with van der Waals surface area (Å²) >= 11 is 0. The fourth-order valence-electron chi connectivity index (χ4n) is 5.16. The second-order valence-electron chi connectivity index (χ2n) is 7.10. The quantitative estimate of drug-likeness (QED) is 0.714. The fraction of sp³-hybridized carbons (Fsp3) is 0.882. The molecule has 0 aromatic carbocycles. The van der Waals surface area contributed by atoms with Gasteiger partial charge >= 0.3 is 0 Å². The Morgan fingerprint density at radius 1 is 1.11 bits per heavy atom. The van der Waals surface area contributed by atoms with E-state index in [0.717, 1.165) is 23.8 Å². The van der Waals surface area contributed by atoms with Crippen molar-refractivity contribution >= 4 is 0 Å². The molecule has 4 rings (SSSR count). The summed E-state index contributed by atoms with van der Waals surface area (Å²) in [5.41, 5.74) is 0. The van der Waals surface area contributed by atoms with Crippen LogP contribution < -0.4 is 0 Å². The van der Waals surface area contributed by atoms with Crippen molar-refractivity contribution in [1.29, 1.82) is 0 Å². The SMILES string of the molecule is CCC[C@@H]1[C@H]2[C@@H](ON1C1CCCCC1)[C@H]1C=C[C@H]2C1. The van der Waals surface area contributed by atoms with Crippen LogP contribution in [0.15, 0.2) is 12.2 Å². The first kappa shape index (κ1) is 12.4. The maximum atomic E-state index is 6.51. The Balaban J connectivity index is 1.55. The van der Waals surface area contributed by atoms with Crippen LogP contribution in [-0.2, 0) is 4.84 Å². The number of fused-ring (bicyclic) bond motifs is 5. The topological polar surface area (TPSA) is 12.5 Å². The minimum absolute atomic E-state index is 0.522. The lowest BCUT2D eigenvalue weighted by Gasteiger charge is -2.35. The Bertz CT molecular complexity index is 360. The molecule has 2 saturated carbocycles. The van der Waals surface area contributed by atoms with Crippen LogP contribution in [0.3, 0.4) is 0 Å². The van der Waals surface area contributed by atoms with Crippen molar-refractivity contribution in [3.05, 3.63) is 12.2 Å². The lowest BCUT2D eigenvalue weighted by atomic mass is 9.83. The number of allylic oxidation sites excluding steroid dienone is 1. The summed E-state index contributed by atoms with van der Waals surface area (Å²) < 4.78 is 0. The van der Waals surface area contributed by atoms with Crippen LogP contribution in [0.1, 0.15) is 58.3 Å². The lowest BCUT2D eigenvalue weighted by molar-refractivity contribution is -0.201. The minimum Gasteiger partial charge on any atom is -0.294 e. The second kappa shape index (κ2) is 4.89. The van der Waals surface area contributed by atoms with E-state index in [2.05, 4.69) is 24.1 Å². The molecule has 1 heterocycles. The van der Waals surface area contributed by atoms with Crippen molar-refractivity contribution in [1.82, 2.24) is 5.06 Å². The Morgan fingerprint density at radius 2 is 1.89 bits per heavy atom. The standard InChI is InChI=1S/C17H27NO/c1-2-6-15-16-12-9-10-13(11-12)17(16)19-18(15)14-7-4-3-5-8-14/h9-10,12-17H,2-8,11H2,1H3/t12-,13-,15+,16-,17-/m0/s1. The Hall–Kier alpha value is -0.340. The van der Waals surface area contributed by atoms with Crippen molar-refractivity contribution < 1.29 is 4.84 Å². The average molecular weight is 261 g/mol. The molecule has 0 N–H and O–H groups in total. The van der Waals surface area contributed by atoms with Gasteiger partial charge in [0.1, 0.15) is 0 Å². The second-order valence-corrected chi connectivity index (χ2v) is 7.10. The minimum atomic E-state index is 0.522. The monoisotopic (exact) mass is 261 g/mol. The average Bonchev–Trinajstić information content (AvgIpc) is 3.12. The lowest BCUT2D eigenvalue weighted by Crippen LogP contribution is -2.42. The van der Waals surface area contributed by atoms with E-state index in [-0.39, 0.29) is 0 Å². The highest BCUT2D eigenvalue weighted by molar-refractivity contribution is 5.18. The van der Waals surface area contributed by atoms with Crippen LogP contribution in [0.25, 0.3) is 0 Å². The van der Waals surface area contributed by atoms with Crippen LogP contribution in [0.4, 0.5) is 0 Å². The van der Waals surface area contributed by atoms with Gasteiger partial charge in [-0.15, -0.1) is 0 Å². The van der Waals surface area contributed by atoms with Crippen molar-refractivity contribution in [3.63, 3.8) is 0 Å². The first-order valence-electron chi connectivity index (χ1n) is 8.52. The molecule has 3 fully saturated rings. The van der Waals surface area contributed by atoms with Gasteiger partial charge in [-0.25, -0.2) is 0 Å². The largest absolute Gasteiger partial charge is 0.294 e. The van der Waals surface area contributed by atoms with Crippen molar-refractivity contribution in [2.45, 2.75) is 76.5 Å². The zero-order chi connectivity index (χ0) is 12.8. The molecule has 3 aliphatic carbocycles. The summed E-state index contributed by atoms with van der Waals surface area (Å²) in [6.07, 6.45) is 16.4. The van der Waals surface area contributed by atoms with E-state index >= 15 is 0 Å². The summed E-state index contributed by atoms with van der Waals surface area (Å²) in [6, 6.07) is 1.42. The molecule has 4 aliphatic rings. The Kier molecular flexibility index (Phi) is 3.19. The van der Waals surface area contributed by atoms with Gasteiger partial charge in [-0.1, -0.05) is 44.8 Å². The molecule has 2 heteroatoms. The van der Waals surface area contributed by atoms with Crippen LogP contribution in [-0.4, -0.2) is 23.3 Å². The van der Waals surface area contributed by atoms with E-state index in [1.165, 1.54) is 51.4 Å². The number of hydrogen-bond acceptors (Lipinski definition) is 2. The van der Waals surface area contributed by atoms with Crippen molar-refractivity contribution in [2.75, 3.05) is 0 Å². The van der Waals surface area contributed by atoms with E-state index in [4.69, 9.17) is 4.84 Å². The number of nitrogens with zero attached hydrogens (tertiary/aromatic N) is 1. The molecule has 0 aromatic heterocycles. The van der Waals surface area contributed by atoms with Crippen LogP contribution in [0.2, 0.25) is 0 Å². The summed E-state index contributed by atoms with van der Waals surface area (Å²) in [4.78, 5) is 6.51. The maximum Gasteiger partial charge on any atom is 0.0905 e. The fourth-order valence-corrected chi connectivity index (χ4v) is 5.16. The van der Waals surface area contributed by atoms with E-state index in [0.29, 0.717) is 12.1 Å². The molecule has 5 atom stereocenters. The zero-order valence-corrected chi connectivity index (χ0v) is 12.1. The molecule has 0 radical (unpaired) electrons. The first-order chi connectivity index (χ1) is 9.38. The van der Waals surface area contributed by atoms with Gasteiger partial charge in [0.25, 0.3) is 0 Å². The van der Waals surface area contributed by atoms with Gasteiger partial charge in [-0.2, -0.15) is 5.06 Å². The maximum absolute atomic E-state index is 6.51. The van der Waals surface area contributed by atoms with Crippen molar-refractivity contribution in [2.24, 2.45) is 17.8 Å². The van der Waals surface area contributed by atoms with Gasteiger partial charge in [0.15, 0.2) is 0 Å². The first-order valence-corrected chi connectivity index (χ1v) is 8.52. The summed E-state index contributed by atoms with van der Waals surface area (Å²) in [7, 11) is 0. The third kappa shape index (κ3) is 1.91. The van der Waals surface area contributed by atoms with E-state index in [1.807, 2.05) is 0 Å². The molecule has 2 bridgehead atoms. The molecular weight excluding hydrogens is 234 g/mol. The van der Waals surface area contributed by atoms with Gasteiger partial charge in [0, 0.05) is 23.9 Å². The van der Waals surface area contributed by atoms with Gasteiger partial charge in [0.05, 0.1) is 6.10 Å². The van der Waals surface area contributed by atoms with E-state index in [9.17, 15) is 0 Å². The summed E-state index contributed by atoms with van der Waals surface area (Å²) in [6.45, 7) is 2.33. The highest BCUT2D eigenvalue weighted by atomic mass is 16.7. The van der Waals surface area contributed by atoms with Crippen molar-refractivity contribution in [3.8, 4) is 0 Å². The van der Waals surface area contributed by atoms with E-state index in [1.54, 1.807) is 0 Å². The molecule has 0 amide bonds. The van der Waals surface area contributed by atoms with Gasteiger partial charge in [0.2, 0.25) is 0 Å². The molecule has 106 valence electrons. The van der Waals surface area contributed by atoms with Crippen LogP contribution in [0.5, 0.6) is 0 Å². The number of hydrogen-bond donors (Lipinski definition) is 0. The summed E-state index contributed by atoms with van der Waals surface area (Å²) in [5.74, 6) is 2.35. The Morgan fingerprint density at radius 3 is 2.68 bits per heavy atom. The van der Waals surface area contributed by atoms with Crippen LogP contribution in [0, 0.1) is 17.8 Å². The number of rotatable bonds is 3. The third-order valence-corrected chi connectivity index (χ3v) is 5.98. The van der Waals surface area contributed by atoms with Gasteiger partial charge < -0.3 is 0 Å². The zero-order valence-electron chi connectivity index (χ0n) is 12.1. The highest BCUT2D eigenvalue weighted by Gasteiger charge is 2.56. The molecule has 1 saturated heterocycles. The summed E-state index contributed by atoms with van der Waals surface area (Å²) in [5, 5.41) is 2.49. The molecule has 0 unspecified atom stereocenters. The molecule has 0 aromatic rings. The predicted octanol–water partition coefficient (Wildman–Crippen LogP) is 3.93. The molecule has 2 nitrogen and oxygen atoms in total. The van der Waals surface area contributed by atoms with Crippen LogP contribution >= 0.6 is 0 Å². The number of hydroxylamine groups is 2. The third-order valence-electron chi connectivity index (χ3n) is 5.98.